The van der Waals surface area contributed by atoms with Crippen molar-refractivity contribution in [3.8, 4) is 0 Å². The van der Waals surface area contributed by atoms with Crippen LogP contribution in [0.25, 0.3) is 0 Å². The van der Waals surface area contributed by atoms with E-state index in [4.69, 9.17) is 4.74 Å². The number of nitrogens with zero attached hydrogens (tertiary/aromatic N) is 1. The maximum absolute atomic E-state index is 13.6. The Morgan fingerprint density at radius 2 is 2.26 bits per heavy atom. The number of methoxy groups -OCH3 is 1. The molecule has 0 bridgehead atoms. The highest BCUT2D eigenvalue weighted by atomic mass is 79.9. The maximum atomic E-state index is 13.6. The van der Waals surface area contributed by atoms with E-state index in [0.29, 0.717) is 10.2 Å². The Hall–Kier alpha value is -1.73. The topological polar surface area (TPSA) is 67.0 Å². The summed E-state index contributed by atoms with van der Waals surface area (Å²) in [5.74, 6) is -0.282. The monoisotopic (exact) mass is 327 g/mol. The van der Waals surface area contributed by atoms with Crippen LogP contribution in [0.15, 0.2) is 33.5 Å². The second-order valence-electron chi connectivity index (χ2n) is 3.77. The molecule has 0 aliphatic rings. The number of nitrogens with one attached hydrogen (secondary N) is 2. The van der Waals surface area contributed by atoms with Crippen LogP contribution in [0.3, 0.4) is 0 Å². The van der Waals surface area contributed by atoms with E-state index in [1.54, 1.807) is 12.1 Å². The van der Waals surface area contributed by atoms with Crippen molar-refractivity contribution < 1.29 is 9.13 Å². The molecule has 0 spiro atoms. The molecule has 1 aromatic heterocycles. The first-order valence-corrected chi connectivity index (χ1v) is 6.19. The van der Waals surface area contributed by atoms with Gasteiger partial charge in [0.1, 0.15) is 5.82 Å². The Bertz CT molecular complexity index is 645. The quantitative estimate of drug-likeness (QED) is 0.905. The Labute approximate surface area is 117 Å². The van der Waals surface area contributed by atoms with Gasteiger partial charge in [0, 0.05) is 17.6 Å². The van der Waals surface area contributed by atoms with E-state index >= 15 is 0 Å². The van der Waals surface area contributed by atoms with Gasteiger partial charge in [0.25, 0.3) is 5.56 Å². The van der Waals surface area contributed by atoms with Crippen LogP contribution in [0, 0.1) is 5.82 Å². The zero-order chi connectivity index (χ0) is 13.8. The second kappa shape index (κ2) is 5.94. The molecule has 0 saturated carbocycles. The molecule has 1 aromatic carbocycles. The highest BCUT2D eigenvalue weighted by Crippen LogP contribution is 2.21. The molecule has 0 saturated heterocycles. The highest BCUT2D eigenvalue weighted by molar-refractivity contribution is 9.10. The van der Waals surface area contributed by atoms with E-state index in [2.05, 4.69) is 31.2 Å². The molecule has 1 heterocycles. The first-order valence-electron chi connectivity index (χ1n) is 5.40. The summed E-state index contributed by atoms with van der Waals surface area (Å²) < 4.78 is 19.2. The van der Waals surface area contributed by atoms with Crippen molar-refractivity contribution in [3.63, 3.8) is 0 Å². The van der Waals surface area contributed by atoms with Crippen molar-refractivity contribution in [3.05, 3.63) is 50.6 Å². The number of aromatic nitrogens is 2. The van der Waals surface area contributed by atoms with Crippen molar-refractivity contribution in [1.29, 1.82) is 0 Å². The third-order valence-electron chi connectivity index (χ3n) is 2.27. The number of anilines is 2. The first kappa shape index (κ1) is 13.7. The highest BCUT2D eigenvalue weighted by Gasteiger charge is 2.06. The number of H-pyrrole nitrogens is 1. The Morgan fingerprint density at radius 1 is 1.47 bits per heavy atom. The summed E-state index contributed by atoms with van der Waals surface area (Å²) in [6, 6.07) is 5.87. The lowest BCUT2D eigenvalue weighted by Crippen LogP contribution is -2.12. The number of hydrogen-bond donors (Lipinski definition) is 2. The molecule has 0 fully saturated rings. The fourth-order valence-corrected chi connectivity index (χ4v) is 1.84. The van der Waals surface area contributed by atoms with Gasteiger partial charge < -0.3 is 10.1 Å². The normalized spacial score (nSPS) is 10.5. The third kappa shape index (κ3) is 3.62. The smallest absolute Gasteiger partial charge is 0.252 e. The lowest BCUT2D eigenvalue weighted by molar-refractivity contribution is 0.181. The molecule has 0 radical (unpaired) electrons. The van der Waals surface area contributed by atoms with Gasteiger partial charge in [0.05, 0.1) is 18.0 Å². The molecule has 0 aliphatic carbocycles. The van der Waals surface area contributed by atoms with Gasteiger partial charge in [0.15, 0.2) is 0 Å². The number of hydrogen-bond acceptors (Lipinski definition) is 4. The molecule has 0 atom stereocenters. The Balaban J connectivity index is 2.30. The van der Waals surface area contributed by atoms with E-state index in [9.17, 15) is 9.18 Å². The molecule has 5 nitrogen and oxygen atoms in total. The second-order valence-corrected chi connectivity index (χ2v) is 4.68. The molecule has 2 N–H and O–H groups in total. The SMILES string of the molecule is COCc1cc(=O)[nH]c(Nc2ccc(Br)cc2F)n1. The molecule has 0 aliphatic heterocycles. The molecule has 7 heteroatoms. The van der Waals surface area contributed by atoms with Crippen molar-refractivity contribution in [2.24, 2.45) is 0 Å². The van der Waals surface area contributed by atoms with Crippen LogP contribution in [0.1, 0.15) is 5.69 Å². The van der Waals surface area contributed by atoms with Crippen LogP contribution in [0.2, 0.25) is 0 Å². The fraction of sp³-hybridized carbons (Fsp3) is 0.167. The third-order valence-corrected chi connectivity index (χ3v) is 2.76. The van der Waals surface area contributed by atoms with Gasteiger partial charge in [-0.2, -0.15) is 0 Å². The lowest BCUT2D eigenvalue weighted by Gasteiger charge is -2.08. The number of aromatic amines is 1. The molecule has 0 unspecified atom stereocenters. The summed E-state index contributed by atoms with van der Waals surface area (Å²) in [6.07, 6.45) is 0. The summed E-state index contributed by atoms with van der Waals surface area (Å²) in [5.41, 5.74) is 0.356. The average molecular weight is 328 g/mol. The van der Waals surface area contributed by atoms with E-state index < -0.39 is 5.82 Å². The largest absolute Gasteiger partial charge is 0.378 e. The van der Waals surface area contributed by atoms with Crippen molar-refractivity contribution in [2.75, 3.05) is 12.4 Å². The van der Waals surface area contributed by atoms with Crippen LogP contribution in [-0.4, -0.2) is 17.1 Å². The van der Waals surface area contributed by atoms with Gasteiger partial charge in [-0.3, -0.25) is 9.78 Å². The van der Waals surface area contributed by atoms with Crippen LogP contribution >= 0.6 is 15.9 Å². The predicted molar refractivity (Wildman–Crippen MR) is 73.0 cm³/mol. The minimum Gasteiger partial charge on any atom is -0.378 e. The number of halogens is 2. The van der Waals surface area contributed by atoms with Gasteiger partial charge >= 0.3 is 0 Å². The van der Waals surface area contributed by atoms with Gasteiger partial charge in [-0.05, 0) is 18.2 Å². The van der Waals surface area contributed by atoms with Crippen molar-refractivity contribution in [1.82, 2.24) is 9.97 Å². The van der Waals surface area contributed by atoms with Gasteiger partial charge in [-0.1, -0.05) is 15.9 Å². The van der Waals surface area contributed by atoms with Crippen LogP contribution < -0.4 is 10.9 Å². The summed E-state index contributed by atoms with van der Waals surface area (Å²) in [5, 5.41) is 2.72. The standard InChI is InChI=1S/C12H11BrFN3O2/c1-19-6-8-5-11(18)17-12(15-8)16-10-3-2-7(13)4-9(10)14/h2-5H,6H2,1H3,(H2,15,16,17,18). The van der Waals surface area contributed by atoms with Gasteiger partial charge in [-0.15, -0.1) is 0 Å². The summed E-state index contributed by atoms with van der Waals surface area (Å²) in [6.45, 7) is 0.210. The molecular weight excluding hydrogens is 317 g/mol. The van der Waals surface area contributed by atoms with Gasteiger partial charge in [-0.25, -0.2) is 9.37 Å². The Morgan fingerprint density at radius 3 is 2.95 bits per heavy atom. The molecular formula is C12H11BrFN3O2. The number of benzene rings is 1. The first-order chi connectivity index (χ1) is 9.08. The predicted octanol–water partition coefficient (Wildman–Crippen LogP) is 2.56. The summed E-state index contributed by atoms with van der Waals surface area (Å²) in [7, 11) is 1.50. The molecule has 2 rings (SSSR count). The van der Waals surface area contributed by atoms with Crippen LogP contribution in [0.4, 0.5) is 16.0 Å². The molecule has 100 valence electrons. The molecule has 19 heavy (non-hydrogen) atoms. The van der Waals surface area contributed by atoms with E-state index in [1.165, 1.54) is 19.2 Å². The van der Waals surface area contributed by atoms with E-state index in [0.717, 1.165) is 0 Å². The van der Waals surface area contributed by atoms with Crippen LogP contribution in [0.5, 0.6) is 0 Å². The van der Waals surface area contributed by atoms with Crippen molar-refractivity contribution >= 4 is 27.6 Å². The number of ether oxygens (including phenoxy) is 1. The number of rotatable bonds is 4. The lowest BCUT2D eigenvalue weighted by atomic mass is 10.3. The zero-order valence-electron chi connectivity index (χ0n) is 10.0. The average Bonchev–Trinajstić information content (AvgIpc) is 2.32. The van der Waals surface area contributed by atoms with E-state index in [-0.39, 0.29) is 23.8 Å². The van der Waals surface area contributed by atoms with E-state index in [1.807, 2.05) is 0 Å². The summed E-state index contributed by atoms with van der Waals surface area (Å²) >= 11 is 3.17. The summed E-state index contributed by atoms with van der Waals surface area (Å²) in [4.78, 5) is 18.0. The van der Waals surface area contributed by atoms with Crippen molar-refractivity contribution in [2.45, 2.75) is 6.61 Å². The fourth-order valence-electron chi connectivity index (χ4n) is 1.51. The molecule has 0 amide bonds. The van der Waals surface area contributed by atoms with Crippen LogP contribution in [-0.2, 0) is 11.3 Å². The Kier molecular flexibility index (Phi) is 4.28. The minimum atomic E-state index is -0.450. The zero-order valence-corrected chi connectivity index (χ0v) is 11.6. The minimum absolute atomic E-state index is 0.167. The van der Waals surface area contributed by atoms with Gasteiger partial charge in [0.2, 0.25) is 5.95 Å². The molecule has 2 aromatic rings. The maximum Gasteiger partial charge on any atom is 0.252 e.